The van der Waals surface area contributed by atoms with Gasteiger partial charge in [0, 0.05) is 18.1 Å². The van der Waals surface area contributed by atoms with Crippen LogP contribution in [-0.2, 0) is 0 Å². The summed E-state index contributed by atoms with van der Waals surface area (Å²) in [6.45, 7) is 1.84. The van der Waals surface area contributed by atoms with Gasteiger partial charge in [-0.1, -0.05) is 0 Å². The second-order valence-corrected chi connectivity index (χ2v) is 4.78. The molecule has 0 saturated carbocycles. The highest BCUT2D eigenvalue weighted by Gasteiger charge is 2.15. The lowest BCUT2D eigenvalue weighted by atomic mass is 10.3. The summed E-state index contributed by atoms with van der Waals surface area (Å²) in [5.74, 6) is 1.34. The van der Waals surface area contributed by atoms with Crippen LogP contribution in [-0.4, -0.2) is 29.8 Å². The van der Waals surface area contributed by atoms with E-state index in [1.807, 2.05) is 6.92 Å². The normalized spacial score (nSPS) is 11.0. The van der Waals surface area contributed by atoms with Crippen molar-refractivity contribution in [1.82, 2.24) is 29.8 Å². The number of nitrogens with zero attached hydrogens (tertiary/aromatic N) is 6. The number of imidazole rings is 1. The minimum absolute atomic E-state index is 0.274. The molecular formula is C14H10FN7O. The second kappa shape index (κ2) is 5.13. The van der Waals surface area contributed by atoms with E-state index in [1.165, 1.54) is 12.1 Å². The van der Waals surface area contributed by atoms with Gasteiger partial charge >= 0.3 is 0 Å². The molecule has 0 aliphatic heterocycles. The molecule has 3 aromatic heterocycles. The molecule has 23 heavy (non-hydrogen) atoms. The van der Waals surface area contributed by atoms with Crippen molar-refractivity contribution < 1.29 is 9.02 Å². The molecule has 4 rings (SSSR count). The van der Waals surface area contributed by atoms with Crippen molar-refractivity contribution in [2.75, 3.05) is 5.32 Å². The molecule has 3 heterocycles. The van der Waals surface area contributed by atoms with Crippen molar-refractivity contribution in [2.45, 2.75) is 6.92 Å². The number of hydrogen-bond acceptors (Lipinski definition) is 7. The molecule has 9 heteroatoms. The molecule has 4 aromatic rings. The lowest BCUT2D eigenvalue weighted by molar-refractivity contribution is 0.314. The zero-order valence-corrected chi connectivity index (χ0v) is 11.9. The summed E-state index contributed by atoms with van der Waals surface area (Å²) in [5, 5.41) is 10.5. The summed E-state index contributed by atoms with van der Waals surface area (Å²) >= 11 is 0. The summed E-state index contributed by atoms with van der Waals surface area (Å²) in [4.78, 5) is 13.0. The molecule has 0 bridgehead atoms. The van der Waals surface area contributed by atoms with Crippen LogP contribution in [0, 0.1) is 12.7 Å². The number of halogens is 1. The number of aryl methyl sites for hydroxylation is 1. The van der Waals surface area contributed by atoms with E-state index in [0.29, 0.717) is 17.3 Å². The molecule has 0 radical (unpaired) electrons. The summed E-state index contributed by atoms with van der Waals surface area (Å²) in [6, 6.07) is 5.92. The average Bonchev–Trinajstić information content (AvgIpc) is 3.17. The standard InChI is InChI=1S/C14H10FN7O/c1-8-16-6-7-22(8)14-13(17-10-4-2-9(15)3-5-10)18-11-12(19-14)21-23-20-11/h2-7H,1H3,(H,17,18,20). The van der Waals surface area contributed by atoms with Gasteiger partial charge in [0.1, 0.15) is 11.6 Å². The summed E-state index contributed by atoms with van der Waals surface area (Å²) in [5.41, 5.74) is 1.23. The minimum atomic E-state index is -0.316. The molecule has 0 fully saturated rings. The van der Waals surface area contributed by atoms with Crippen LogP contribution in [0.2, 0.25) is 0 Å². The highest BCUT2D eigenvalue weighted by molar-refractivity contribution is 5.73. The first-order valence-electron chi connectivity index (χ1n) is 6.74. The average molecular weight is 311 g/mol. The van der Waals surface area contributed by atoms with E-state index >= 15 is 0 Å². The Balaban J connectivity index is 1.86. The Morgan fingerprint density at radius 2 is 1.83 bits per heavy atom. The van der Waals surface area contributed by atoms with E-state index in [9.17, 15) is 4.39 Å². The predicted molar refractivity (Wildman–Crippen MR) is 78.9 cm³/mol. The molecule has 0 spiro atoms. The van der Waals surface area contributed by atoms with Crippen molar-refractivity contribution in [3.8, 4) is 5.82 Å². The molecule has 0 unspecified atom stereocenters. The number of rotatable bonds is 3. The Bertz CT molecular complexity index is 976. The fourth-order valence-electron chi connectivity index (χ4n) is 2.15. The maximum atomic E-state index is 13.0. The van der Waals surface area contributed by atoms with Crippen LogP contribution in [0.1, 0.15) is 5.82 Å². The number of benzene rings is 1. The zero-order chi connectivity index (χ0) is 15.8. The maximum absolute atomic E-state index is 13.0. The fourth-order valence-corrected chi connectivity index (χ4v) is 2.15. The Kier molecular flexibility index (Phi) is 2.97. The van der Waals surface area contributed by atoms with E-state index < -0.39 is 0 Å². The van der Waals surface area contributed by atoms with Gasteiger partial charge in [0.25, 0.3) is 0 Å². The number of nitrogens with one attached hydrogen (secondary N) is 1. The number of aromatic nitrogens is 6. The molecule has 0 atom stereocenters. The summed E-state index contributed by atoms with van der Waals surface area (Å²) in [7, 11) is 0. The molecule has 0 saturated heterocycles. The van der Waals surface area contributed by atoms with Crippen LogP contribution in [0.5, 0.6) is 0 Å². The largest absolute Gasteiger partial charge is 0.337 e. The van der Waals surface area contributed by atoms with Crippen molar-refractivity contribution in [2.24, 2.45) is 0 Å². The number of fused-ring (bicyclic) bond motifs is 1. The van der Waals surface area contributed by atoms with Gasteiger partial charge in [-0.2, -0.15) is 0 Å². The third kappa shape index (κ3) is 2.37. The minimum Gasteiger partial charge on any atom is -0.337 e. The van der Waals surface area contributed by atoms with Crippen LogP contribution in [0.4, 0.5) is 15.9 Å². The van der Waals surface area contributed by atoms with Gasteiger partial charge in [-0.15, -0.1) is 0 Å². The van der Waals surface area contributed by atoms with Gasteiger partial charge < -0.3 is 5.32 Å². The third-order valence-corrected chi connectivity index (χ3v) is 3.26. The van der Waals surface area contributed by atoms with E-state index in [-0.39, 0.29) is 17.1 Å². The first-order chi connectivity index (χ1) is 11.2. The fraction of sp³-hybridized carbons (Fsp3) is 0.0714. The van der Waals surface area contributed by atoms with Gasteiger partial charge in [-0.05, 0) is 41.5 Å². The van der Waals surface area contributed by atoms with Gasteiger partial charge in [0.15, 0.2) is 11.6 Å². The maximum Gasteiger partial charge on any atom is 0.245 e. The highest BCUT2D eigenvalue weighted by atomic mass is 19.1. The summed E-state index contributed by atoms with van der Waals surface area (Å²) in [6.07, 6.45) is 3.42. The van der Waals surface area contributed by atoms with Crippen LogP contribution in [0.15, 0.2) is 41.3 Å². The van der Waals surface area contributed by atoms with Gasteiger partial charge in [-0.3, -0.25) is 4.57 Å². The summed E-state index contributed by atoms with van der Waals surface area (Å²) < 4.78 is 19.5. The molecule has 8 nitrogen and oxygen atoms in total. The Labute approximate surface area is 129 Å². The zero-order valence-electron chi connectivity index (χ0n) is 11.9. The van der Waals surface area contributed by atoms with Crippen molar-refractivity contribution in [3.05, 3.63) is 48.3 Å². The van der Waals surface area contributed by atoms with Crippen LogP contribution in [0.3, 0.4) is 0 Å². The molecular weight excluding hydrogens is 301 g/mol. The third-order valence-electron chi connectivity index (χ3n) is 3.26. The Hall–Kier alpha value is -3.36. The van der Waals surface area contributed by atoms with Crippen LogP contribution in [0.25, 0.3) is 17.1 Å². The van der Waals surface area contributed by atoms with Gasteiger partial charge in [0.2, 0.25) is 11.3 Å². The van der Waals surface area contributed by atoms with Crippen molar-refractivity contribution >= 4 is 22.8 Å². The van der Waals surface area contributed by atoms with E-state index in [0.717, 1.165) is 5.82 Å². The topological polar surface area (TPSA) is 94.5 Å². The molecule has 114 valence electrons. The van der Waals surface area contributed by atoms with E-state index in [2.05, 4.69) is 35.2 Å². The Morgan fingerprint density at radius 1 is 1.09 bits per heavy atom. The van der Waals surface area contributed by atoms with Crippen molar-refractivity contribution in [1.29, 1.82) is 0 Å². The van der Waals surface area contributed by atoms with Crippen molar-refractivity contribution in [3.63, 3.8) is 0 Å². The van der Waals surface area contributed by atoms with E-state index in [4.69, 9.17) is 0 Å². The first-order valence-corrected chi connectivity index (χ1v) is 6.74. The lowest BCUT2D eigenvalue weighted by Crippen LogP contribution is -2.06. The van der Waals surface area contributed by atoms with Gasteiger partial charge in [0.05, 0.1) is 0 Å². The number of anilines is 2. The monoisotopic (exact) mass is 311 g/mol. The smallest absolute Gasteiger partial charge is 0.245 e. The molecule has 1 N–H and O–H groups in total. The Morgan fingerprint density at radius 3 is 2.52 bits per heavy atom. The highest BCUT2D eigenvalue weighted by Crippen LogP contribution is 2.23. The molecule has 0 aliphatic carbocycles. The SMILES string of the molecule is Cc1nccn1-c1nc2nonc2nc1Nc1ccc(F)cc1. The molecule has 1 aromatic carbocycles. The number of hydrogen-bond donors (Lipinski definition) is 1. The van der Waals surface area contributed by atoms with Gasteiger partial charge in [-0.25, -0.2) is 24.0 Å². The molecule has 0 aliphatic rings. The van der Waals surface area contributed by atoms with E-state index in [1.54, 1.807) is 29.1 Å². The second-order valence-electron chi connectivity index (χ2n) is 4.78. The van der Waals surface area contributed by atoms with Crippen LogP contribution < -0.4 is 5.32 Å². The quantitative estimate of drug-likeness (QED) is 0.620. The first kappa shape index (κ1) is 13.3. The van der Waals surface area contributed by atoms with Crippen LogP contribution >= 0.6 is 0 Å². The predicted octanol–water partition coefficient (Wildman–Crippen LogP) is 2.39. The molecule has 0 amide bonds. The lowest BCUT2D eigenvalue weighted by Gasteiger charge is -2.11.